The molecular weight excluding hydrogens is 406 g/mol. The van der Waals surface area contributed by atoms with Crippen LogP contribution in [0.2, 0.25) is 0 Å². The summed E-state index contributed by atoms with van der Waals surface area (Å²) in [6.45, 7) is 3.89. The fraction of sp³-hybridized carbons (Fsp3) is 0.583. The lowest BCUT2D eigenvalue weighted by Gasteiger charge is -2.38. The molecule has 5 atom stereocenters. The molecule has 8 heteroatoms. The lowest BCUT2D eigenvalue weighted by atomic mass is 10.0. The third-order valence-corrected chi connectivity index (χ3v) is 7.74. The summed E-state index contributed by atoms with van der Waals surface area (Å²) in [6.07, 6.45) is 4.14. The fourth-order valence-corrected chi connectivity index (χ4v) is 6.21. The molecule has 3 heterocycles. The number of nitriles is 1. The molecule has 1 aromatic rings. The van der Waals surface area contributed by atoms with Crippen molar-refractivity contribution < 1.29 is 14.4 Å². The third-order valence-electron chi connectivity index (χ3n) is 7.74. The summed E-state index contributed by atoms with van der Waals surface area (Å²) in [5, 5.41) is 9.29. The molecule has 3 fully saturated rings. The maximum atomic E-state index is 13.3. The molecule has 32 heavy (non-hydrogen) atoms. The zero-order chi connectivity index (χ0) is 22.6. The zero-order valence-corrected chi connectivity index (χ0v) is 18.4. The van der Waals surface area contributed by atoms with Crippen LogP contribution in [0.5, 0.6) is 0 Å². The molecule has 0 spiro atoms. The predicted octanol–water partition coefficient (Wildman–Crippen LogP) is 1.21. The van der Waals surface area contributed by atoms with Crippen LogP contribution >= 0.6 is 0 Å². The Balaban J connectivity index is 1.25. The van der Waals surface area contributed by atoms with Crippen molar-refractivity contribution in [3.63, 3.8) is 0 Å². The number of fused-ring (bicyclic) bond motifs is 3. The van der Waals surface area contributed by atoms with Crippen LogP contribution in [0, 0.1) is 17.2 Å². The molecule has 2 bridgehead atoms. The number of likely N-dealkylation sites (tertiary alicyclic amines) is 3. The maximum Gasteiger partial charge on any atom is 0.248 e. The molecule has 3 aliphatic heterocycles. The SMILES string of the molecule is C[C@@H](CN1C[C@@H]2C[C@H]1C(=O)N2[C@@H]1CCc2cc(C(N)=O)ccc21)C(=O)N1CCC[C@H]1C#N. The van der Waals surface area contributed by atoms with Gasteiger partial charge in [0.05, 0.1) is 18.2 Å². The van der Waals surface area contributed by atoms with Crippen LogP contribution in [0.4, 0.5) is 0 Å². The Kier molecular flexibility index (Phi) is 5.17. The molecule has 0 aromatic heterocycles. The van der Waals surface area contributed by atoms with E-state index in [1.54, 1.807) is 11.0 Å². The van der Waals surface area contributed by atoms with Gasteiger partial charge in [-0.05, 0) is 55.4 Å². The Labute approximate surface area is 187 Å². The van der Waals surface area contributed by atoms with Gasteiger partial charge in [-0.15, -0.1) is 0 Å². The van der Waals surface area contributed by atoms with E-state index in [1.165, 1.54) is 0 Å². The van der Waals surface area contributed by atoms with E-state index in [4.69, 9.17) is 5.73 Å². The molecule has 0 radical (unpaired) electrons. The normalized spacial score (nSPS) is 29.9. The Morgan fingerprint density at radius 1 is 1.28 bits per heavy atom. The van der Waals surface area contributed by atoms with E-state index in [1.807, 2.05) is 19.1 Å². The number of aryl methyl sites for hydroxylation is 1. The van der Waals surface area contributed by atoms with Gasteiger partial charge in [-0.2, -0.15) is 5.26 Å². The second-order valence-corrected chi connectivity index (χ2v) is 9.66. The molecular formula is C24H29N5O3. The highest BCUT2D eigenvalue weighted by molar-refractivity contribution is 5.93. The van der Waals surface area contributed by atoms with Crippen molar-refractivity contribution in [1.29, 1.82) is 5.26 Å². The average Bonchev–Trinajstić information content (AvgIpc) is 3.55. The van der Waals surface area contributed by atoms with Crippen LogP contribution < -0.4 is 5.73 Å². The number of hydrogen-bond donors (Lipinski definition) is 1. The molecule has 2 N–H and O–H groups in total. The molecule has 5 rings (SSSR count). The van der Waals surface area contributed by atoms with Crippen molar-refractivity contribution in [2.24, 2.45) is 11.7 Å². The maximum absolute atomic E-state index is 13.3. The molecule has 168 valence electrons. The highest BCUT2D eigenvalue weighted by atomic mass is 16.2. The first kappa shape index (κ1) is 21.0. The monoisotopic (exact) mass is 435 g/mol. The van der Waals surface area contributed by atoms with Crippen molar-refractivity contribution in [2.75, 3.05) is 19.6 Å². The van der Waals surface area contributed by atoms with Gasteiger partial charge in [0.25, 0.3) is 0 Å². The smallest absolute Gasteiger partial charge is 0.248 e. The van der Waals surface area contributed by atoms with E-state index >= 15 is 0 Å². The highest BCUT2D eigenvalue weighted by Gasteiger charge is 2.53. The summed E-state index contributed by atoms with van der Waals surface area (Å²) in [5.74, 6) is -0.490. The Bertz CT molecular complexity index is 1020. The van der Waals surface area contributed by atoms with E-state index in [2.05, 4.69) is 15.9 Å². The molecule has 4 aliphatic rings. The molecule has 8 nitrogen and oxygen atoms in total. The molecule has 3 amide bonds. The standard InChI is InChI=1S/C24H29N5O3/c1-14(23(31)28-8-2-3-17(28)11-25)12-27-13-18-10-21(27)24(32)29(18)20-7-5-15-9-16(22(26)30)4-6-19(15)20/h4,6,9,14,17-18,20-21H,2-3,5,7-8,10,12-13H2,1H3,(H2,26,30)/t14-,17-,18-,20+,21-/m0/s1. The van der Waals surface area contributed by atoms with Crippen molar-refractivity contribution in [2.45, 2.75) is 63.2 Å². The molecule has 1 aliphatic carbocycles. The molecule has 0 saturated carbocycles. The van der Waals surface area contributed by atoms with Crippen LogP contribution in [-0.2, 0) is 16.0 Å². The van der Waals surface area contributed by atoms with Crippen LogP contribution in [0.3, 0.4) is 0 Å². The quantitative estimate of drug-likeness (QED) is 0.747. The van der Waals surface area contributed by atoms with Gasteiger partial charge in [0, 0.05) is 37.2 Å². The third kappa shape index (κ3) is 3.27. The summed E-state index contributed by atoms with van der Waals surface area (Å²) >= 11 is 0. The minimum Gasteiger partial charge on any atom is -0.366 e. The number of piperazine rings is 1. The number of carbonyl (C=O) groups excluding carboxylic acids is 3. The van der Waals surface area contributed by atoms with Crippen LogP contribution in [0.25, 0.3) is 0 Å². The summed E-state index contributed by atoms with van der Waals surface area (Å²) < 4.78 is 0. The van der Waals surface area contributed by atoms with Gasteiger partial charge < -0.3 is 15.5 Å². The largest absolute Gasteiger partial charge is 0.366 e. The van der Waals surface area contributed by atoms with E-state index < -0.39 is 5.91 Å². The first-order valence-corrected chi connectivity index (χ1v) is 11.6. The number of amides is 3. The summed E-state index contributed by atoms with van der Waals surface area (Å²) in [4.78, 5) is 43.6. The van der Waals surface area contributed by atoms with Crippen molar-refractivity contribution >= 4 is 17.7 Å². The van der Waals surface area contributed by atoms with Crippen LogP contribution in [-0.4, -0.2) is 70.2 Å². The lowest BCUT2D eigenvalue weighted by Crippen LogP contribution is -2.53. The second kappa shape index (κ2) is 7.89. The molecule has 1 aromatic carbocycles. The predicted molar refractivity (Wildman–Crippen MR) is 116 cm³/mol. The summed E-state index contributed by atoms with van der Waals surface area (Å²) in [6, 6.07) is 7.53. The van der Waals surface area contributed by atoms with Gasteiger partial charge in [0.1, 0.15) is 6.04 Å². The number of nitrogens with two attached hydrogens (primary N) is 1. The van der Waals surface area contributed by atoms with E-state index in [9.17, 15) is 19.6 Å². The number of nitrogens with zero attached hydrogens (tertiary/aromatic N) is 4. The molecule has 3 saturated heterocycles. The zero-order valence-electron chi connectivity index (χ0n) is 18.4. The van der Waals surface area contributed by atoms with Crippen LogP contribution in [0.1, 0.15) is 60.1 Å². The van der Waals surface area contributed by atoms with Gasteiger partial charge in [0.15, 0.2) is 0 Å². The van der Waals surface area contributed by atoms with E-state index in [-0.39, 0.29) is 41.9 Å². The first-order valence-electron chi connectivity index (χ1n) is 11.6. The van der Waals surface area contributed by atoms with Crippen LogP contribution in [0.15, 0.2) is 18.2 Å². The van der Waals surface area contributed by atoms with Gasteiger partial charge in [-0.1, -0.05) is 13.0 Å². The Morgan fingerprint density at radius 3 is 2.81 bits per heavy atom. The number of hydrogen-bond acceptors (Lipinski definition) is 5. The topological polar surface area (TPSA) is 111 Å². The molecule has 0 unspecified atom stereocenters. The van der Waals surface area contributed by atoms with Gasteiger partial charge in [0.2, 0.25) is 17.7 Å². The van der Waals surface area contributed by atoms with Gasteiger partial charge in [-0.25, -0.2) is 0 Å². The highest BCUT2D eigenvalue weighted by Crippen LogP contribution is 2.44. The number of rotatable bonds is 5. The summed E-state index contributed by atoms with van der Waals surface area (Å²) in [7, 11) is 0. The van der Waals surface area contributed by atoms with E-state index in [0.29, 0.717) is 18.7 Å². The van der Waals surface area contributed by atoms with Gasteiger partial charge >= 0.3 is 0 Å². The van der Waals surface area contributed by atoms with Crippen molar-refractivity contribution in [3.8, 4) is 6.07 Å². The van der Waals surface area contributed by atoms with Crippen molar-refractivity contribution in [3.05, 3.63) is 34.9 Å². The first-order chi connectivity index (χ1) is 15.4. The minimum absolute atomic E-state index is 0.0242. The van der Waals surface area contributed by atoms with Crippen molar-refractivity contribution in [1.82, 2.24) is 14.7 Å². The summed E-state index contributed by atoms with van der Waals surface area (Å²) in [5.41, 5.74) is 8.16. The Morgan fingerprint density at radius 2 is 2.09 bits per heavy atom. The minimum atomic E-state index is -0.429. The Hall–Kier alpha value is -2.92. The average molecular weight is 436 g/mol. The number of benzene rings is 1. The lowest BCUT2D eigenvalue weighted by molar-refractivity contribution is -0.142. The van der Waals surface area contributed by atoms with Gasteiger partial charge in [-0.3, -0.25) is 19.3 Å². The number of primary amides is 1. The number of carbonyl (C=O) groups is 3. The van der Waals surface area contributed by atoms with E-state index in [0.717, 1.165) is 49.8 Å². The second-order valence-electron chi connectivity index (χ2n) is 9.66. The fourth-order valence-electron chi connectivity index (χ4n) is 6.21.